The molecule has 142 valence electrons. The molecule has 2 N–H and O–H groups in total. The normalized spacial score (nSPS) is 11.9. The highest BCUT2D eigenvalue weighted by molar-refractivity contribution is 5.78. The van der Waals surface area contributed by atoms with Crippen LogP contribution >= 0.6 is 0 Å². The van der Waals surface area contributed by atoms with E-state index in [2.05, 4.69) is 9.97 Å². The number of hydrogen-bond acceptors (Lipinski definition) is 4. The van der Waals surface area contributed by atoms with Crippen LogP contribution in [0.3, 0.4) is 0 Å². The van der Waals surface area contributed by atoms with Gasteiger partial charge in [0.25, 0.3) is 0 Å². The number of imidazole rings is 1. The zero-order valence-electron chi connectivity index (χ0n) is 14.6. The van der Waals surface area contributed by atoms with Crippen LogP contribution in [-0.2, 0) is 6.18 Å². The first-order valence-electron chi connectivity index (χ1n) is 8.30. The molecule has 28 heavy (non-hydrogen) atoms. The van der Waals surface area contributed by atoms with Gasteiger partial charge in [-0.1, -0.05) is 12.1 Å². The first-order chi connectivity index (χ1) is 13.2. The van der Waals surface area contributed by atoms with E-state index in [1.807, 2.05) is 0 Å². The largest absolute Gasteiger partial charge is 0.508 e. The Balaban J connectivity index is 1.94. The van der Waals surface area contributed by atoms with Crippen LogP contribution < -0.4 is 0 Å². The van der Waals surface area contributed by atoms with Crippen molar-refractivity contribution in [3.63, 3.8) is 0 Å². The number of fused-ring (bicyclic) bond motifs is 1. The number of phenolic OH excluding ortho intramolecular Hbond substituents is 1. The zero-order chi connectivity index (χ0) is 20.1. The standard InChI is InChI=1S/C20H14F3N3O2/c1-11-19(28)26-10-16(12-4-8-15(27)9-5-12)25-17(18(26)24-11)13-2-6-14(7-3-13)20(21,22)23/h2-10,27-28H,1H3. The molecule has 0 saturated carbocycles. The maximum absolute atomic E-state index is 12.9. The van der Waals surface area contributed by atoms with Gasteiger partial charge in [0, 0.05) is 17.3 Å². The van der Waals surface area contributed by atoms with E-state index in [1.165, 1.54) is 28.7 Å². The minimum absolute atomic E-state index is 0.0782. The van der Waals surface area contributed by atoms with Gasteiger partial charge in [0.1, 0.15) is 17.1 Å². The smallest absolute Gasteiger partial charge is 0.416 e. The average Bonchev–Trinajstić information content (AvgIpc) is 2.95. The second-order valence-electron chi connectivity index (χ2n) is 6.31. The van der Waals surface area contributed by atoms with E-state index >= 15 is 0 Å². The number of aryl methyl sites for hydroxylation is 1. The quantitative estimate of drug-likeness (QED) is 0.520. The summed E-state index contributed by atoms with van der Waals surface area (Å²) in [5, 5.41) is 19.8. The van der Waals surface area contributed by atoms with Crippen molar-refractivity contribution in [3.05, 3.63) is 66.0 Å². The molecule has 0 aliphatic heterocycles. The van der Waals surface area contributed by atoms with Crippen molar-refractivity contribution < 1.29 is 23.4 Å². The molecule has 8 heteroatoms. The minimum Gasteiger partial charge on any atom is -0.508 e. The van der Waals surface area contributed by atoms with Gasteiger partial charge in [0.05, 0.1) is 11.3 Å². The van der Waals surface area contributed by atoms with E-state index in [-0.39, 0.29) is 11.6 Å². The lowest BCUT2D eigenvalue weighted by Crippen LogP contribution is -2.04. The van der Waals surface area contributed by atoms with Crippen molar-refractivity contribution in [3.8, 4) is 34.1 Å². The van der Waals surface area contributed by atoms with Crippen LogP contribution in [0.25, 0.3) is 28.2 Å². The van der Waals surface area contributed by atoms with E-state index < -0.39 is 11.7 Å². The summed E-state index contributed by atoms with van der Waals surface area (Å²) in [6.45, 7) is 1.62. The average molecular weight is 385 g/mol. The summed E-state index contributed by atoms with van der Waals surface area (Å²) in [5.41, 5.74) is 1.85. The maximum Gasteiger partial charge on any atom is 0.416 e. The van der Waals surface area contributed by atoms with Crippen LogP contribution in [-0.4, -0.2) is 24.6 Å². The van der Waals surface area contributed by atoms with Crippen LogP contribution in [0.5, 0.6) is 11.6 Å². The van der Waals surface area contributed by atoms with Gasteiger partial charge in [-0.2, -0.15) is 13.2 Å². The van der Waals surface area contributed by atoms with Crippen molar-refractivity contribution in [1.82, 2.24) is 14.4 Å². The predicted molar refractivity (Wildman–Crippen MR) is 96.9 cm³/mol. The van der Waals surface area contributed by atoms with Gasteiger partial charge in [-0.05, 0) is 43.3 Å². The summed E-state index contributed by atoms with van der Waals surface area (Å²) in [6, 6.07) is 10.9. The predicted octanol–water partition coefficient (Wildman–Crippen LogP) is 4.80. The molecule has 0 aliphatic carbocycles. The molecule has 0 fully saturated rings. The van der Waals surface area contributed by atoms with Gasteiger partial charge >= 0.3 is 6.18 Å². The Kier molecular flexibility index (Phi) is 3.99. The summed E-state index contributed by atoms with van der Waals surface area (Å²) in [5.74, 6) is 0.0136. The second kappa shape index (κ2) is 6.26. The van der Waals surface area contributed by atoms with E-state index in [0.717, 1.165) is 12.1 Å². The Morgan fingerprint density at radius 2 is 1.46 bits per heavy atom. The molecule has 0 saturated heterocycles. The van der Waals surface area contributed by atoms with Gasteiger partial charge < -0.3 is 10.2 Å². The van der Waals surface area contributed by atoms with Crippen LogP contribution in [0.15, 0.2) is 54.7 Å². The lowest BCUT2D eigenvalue weighted by molar-refractivity contribution is -0.137. The van der Waals surface area contributed by atoms with Gasteiger partial charge in [0.15, 0.2) is 5.65 Å². The van der Waals surface area contributed by atoms with Gasteiger partial charge in [-0.15, -0.1) is 0 Å². The van der Waals surface area contributed by atoms with E-state index in [1.54, 1.807) is 25.3 Å². The third-order valence-corrected chi connectivity index (χ3v) is 4.40. The number of benzene rings is 2. The Morgan fingerprint density at radius 3 is 2.07 bits per heavy atom. The van der Waals surface area contributed by atoms with Crippen LogP contribution in [0.2, 0.25) is 0 Å². The number of nitrogens with zero attached hydrogens (tertiary/aromatic N) is 3. The van der Waals surface area contributed by atoms with E-state index in [0.29, 0.717) is 33.9 Å². The number of alkyl halides is 3. The van der Waals surface area contributed by atoms with Crippen molar-refractivity contribution in [1.29, 1.82) is 0 Å². The monoisotopic (exact) mass is 385 g/mol. The Labute approximate surface area is 157 Å². The van der Waals surface area contributed by atoms with E-state index in [4.69, 9.17) is 0 Å². The highest BCUT2D eigenvalue weighted by Gasteiger charge is 2.30. The second-order valence-corrected chi connectivity index (χ2v) is 6.31. The summed E-state index contributed by atoms with van der Waals surface area (Å²) in [6.07, 6.45) is -2.85. The first kappa shape index (κ1) is 17.8. The molecule has 2 aromatic carbocycles. The summed E-state index contributed by atoms with van der Waals surface area (Å²) in [7, 11) is 0. The van der Waals surface area contributed by atoms with Gasteiger partial charge in [-0.3, -0.25) is 4.40 Å². The number of aromatic nitrogens is 3. The molecule has 0 radical (unpaired) electrons. The molecule has 0 unspecified atom stereocenters. The molecular formula is C20H14F3N3O2. The molecule has 0 amide bonds. The van der Waals surface area contributed by atoms with Gasteiger partial charge in [0.2, 0.25) is 5.88 Å². The Morgan fingerprint density at radius 1 is 0.857 bits per heavy atom. The summed E-state index contributed by atoms with van der Waals surface area (Å²) >= 11 is 0. The molecule has 0 spiro atoms. The molecule has 4 aromatic rings. The molecule has 0 aliphatic rings. The minimum atomic E-state index is -4.43. The Hall–Kier alpha value is -3.55. The van der Waals surface area contributed by atoms with Crippen LogP contribution in [0.1, 0.15) is 11.3 Å². The lowest BCUT2D eigenvalue weighted by atomic mass is 10.1. The van der Waals surface area contributed by atoms with Crippen LogP contribution in [0, 0.1) is 6.92 Å². The lowest BCUT2D eigenvalue weighted by Gasteiger charge is -2.10. The third-order valence-electron chi connectivity index (χ3n) is 4.40. The van der Waals surface area contributed by atoms with Crippen LogP contribution in [0.4, 0.5) is 13.2 Å². The van der Waals surface area contributed by atoms with Crippen molar-refractivity contribution in [2.24, 2.45) is 0 Å². The highest BCUT2D eigenvalue weighted by Crippen LogP contribution is 2.34. The fraction of sp³-hybridized carbons (Fsp3) is 0.100. The maximum atomic E-state index is 12.9. The SMILES string of the molecule is Cc1nc2c(-c3ccc(C(F)(F)F)cc3)nc(-c3ccc(O)cc3)cn2c1O. The van der Waals surface area contributed by atoms with Gasteiger partial charge in [-0.25, -0.2) is 9.97 Å². The highest BCUT2D eigenvalue weighted by atomic mass is 19.4. The molecular weight excluding hydrogens is 371 g/mol. The summed E-state index contributed by atoms with van der Waals surface area (Å²) < 4.78 is 40.0. The zero-order valence-corrected chi connectivity index (χ0v) is 14.6. The number of rotatable bonds is 2. The Bertz CT molecular complexity index is 1160. The fourth-order valence-electron chi connectivity index (χ4n) is 2.93. The number of aromatic hydroxyl groups is 2. The molecule has 0 bridgehead atoms. The molecule has 5 nitrogen and oxygen atoms in total. The molecule has 0 atom stereocenters. The van der Waals surface area contributed by atoms with Crippen molar-refractivity contribution in [2.45, 2.75) is 13.1 Å². The van der Waals surface area contributed by atoms with Crippen molar-refractivity contribution >= 4 is 5.65 Å². The number of hydrogen-bond donors (Lipinski definition) is 2. The summed E-state index contributed by atoms with van der Waals surface area (Å²) in [4.78, 5) is 8.86. The third kappa shape index (κ3) is 3.02. The topological polar surface area (TPSA) is 70.7 Å². The number of halogens is 3. The first-order valence-corrected chi connectivity index (χ1v) is 8.30. The molecule has 2 heterocycles. The molecule has 2 aromatic heterocycles. The fourth-order valence-corrected chi connectivity index (χ4v) is 2.93. The van der Waals surface area contributed by atoms with Crippen molar-refractivity contribution in [2.75, 3.05) is 0 Å². The molecule has 4 rings (SSSR count). The van der Waals surface area contributed by atoms with E-state index in [9.17, 15) is 23.4 Å². The number of phenols is 1.